The molecule has 0 atom stereocenters. The number of carboxylic acid groups (broad SMARTS) is 1. The minimum Gasteiger partial charge on any atom is -0.497 e. The Morgan fingerprint density at radius 3 is 2.17 bits per heavy atom. The smallest absolute Gasteiger partial charge is 0.323 e. The molecule has 0 aliphatic rings. The molecule has 8 heteroatoms. The summed E-state index contributed by atoms with van der Waals surface area (Å²) in [5.41, 5.74) is 0.895. The molecule has 0 saturated carbocycles. The predicted molar refractivity (Wildman–Crippen MR) is 84.0 cm³/mol. The van der Waals surface area contributed by atoms with Gasteiger partial charge < -0.3 is 19.5 Å². The van der Waals surface area contributed by atoms with Crippen molar-refractivity contribution in [2.45, 2.75) is 6.54 Å². The van der Waals surface area contributed by atoms with Crippen LogP contribution in [0.15, 0.2) is 36.9 Å². The first kappa shape index (κ1) is 17.2. The molecular formula is C16H17N3O5. The van der Waals surface area contributed by atoms with Crippen LogP contribution >= 0.6 is 0 Å². The highest BCUT2D eigenvalue weighted by molar-refractivity contribution is 5.95. The zero-order chi connectivity index (χ0) is 17.5. The van der Waals surface area contributed by atoms with E-state index in [9.17, 15) is 9.59 Å². The number of aliphatic carboxylic acids is 1. The highest BCUT2D eigenvalue weighted by Gasteiger charge is 2.20. The van der Waals surface area contributed by atoms with Crippen molar-refractivity contribution in [3.63, 3.8) is 0 Å². The Kier molecular flexibility index (Phi) is 5.67. The molecule has 1 aromatic heterocycles. The highest BCUT2D eigenvalue weighted by Crippen LogP contribution is 2.23. The molecule has 24 heavy (non-hydrogen) atoms. The van der Waals surface area contributed by atoms with Gasteiger partial charge in [-0.2, -0.15) is 0 Å². The second-order valence-electron chi connectivity index (χ2n) is 4.90. The van der Waals surface area contributed by atoms with Gasteiger partial charge >= 0.3 is 5.97 Å². The maximum atomic E-state index is 12.5. The second kappa shape index (κ2) is 7.91. The lowest BCUT2D eigenvalue weighted by molar-refractivity contribution is -0.137. The molecule has 1 N–H and O–H groups in total. The van der Waals surface area contributed by atoms with Gasteiger partial charge in [-0.3, -0.25) is 9.59 Å². The van der Waals surface area contributed by atoms with Gasteiger partial charge in [-0.25, -0.2) is 9.97 Å². The molecule has 0 unspecified atom stereocenters. The van der Waals surface area contributed by atoms with E-state index >= 15 is 0 Å². The van der Waals surface area contributed by atoms with Crippen LogP contribution in [0.4, 0.5) is 0 Å². The van der Waals surface area contributed by atoms with Crippen LogP contribution in [-0.2, 0) is 11.3 Å². The maximum absolute atomic E-state index is 12.5. The van der Waals surface area contributed by atoms with Crippen molar-refractivity contribution in [3.05, 3.63) is 48.0 Å². The van der Waals surface area contributed by atoms with Gasteiger partial charge in [0.1, 0.15) is 24.4 Å². The van der Waals surface area contributed by atoms with E-state index in [4.69, 9.17) is 14.6 Å². The van der Waals surface area contributed by atoms with E-state index in [1.54, 1.807) is 18.2 Å². The quantitative estimate of drug-likeness (QED) is 0.814. The fourth-order valence-corrected chi connectivity index (χ4v) is 2.13. The topological polar surface area (TPSA) is 102 Å². The fourth-order valence-electron chi connectivity index (χ4n) is 2.13. The van der Waals surface area contributed by atoms with Gasteiger partial charge in [-0.1, -0.05) is 0 Å². The van der Waals surface area contributed by atoms with Crippen molar-refractivity contribution >= 4 is 11.9 Å². The van der Waals surface area contributed by atoms with Gasteiger partial charge in [0.05, 0.1) is 19.8 Å². The highest BCUT2D eigenvalue weighted by atomic mass is 16.5. The van der Waals surface area contributed by atoms with Gasteiger partial charge in [-0.15, -0.1) is 0 Å². The van der Waals surface area contributed by atoms with E-state index in [2.05, 4.69) is 9.97 Å². The summed E-state index contributed by atoms with van der Waals surface area (Å²) in [6.45, 7) is -0.374. The summed E-state index contributed by atoms with van der Waals surface area (Å²) in [7, 11) is 3.03. The molecule has 0 aliphatic heterocycles. The summed E-state index contributed by atoms with van der Waals surface area (Å²) in [5, 5.41) is 9.08. The molecule has 2 rings (SSSR count). The van der Waals surface area contributed by atoms with Crippen LogP contribution in [0.5, 0.6) is 11.5 Å². The van der Waals surface area contributed by atoms with Crippen LogP contribution < -0.4 is 9.47 Å². The summed E-state index contributed by atoms with van der Waals surface area (Å²) in [6.07, 6.45) is 3.98. The Morgan fingerprint density at radius 2 is 1.67 bits per heavy atom. The Balaban J connectivity index is 2.29. The number of methoxy groups -OCH3 is 2. The molecule has 0 saturated heterocycles. The van der Waals surface area contributed by atoms with Gasteiger partial charge in [0.25, 0.3) is 5.91 Å². The van der Waals surface area contributed by atoms with Gasteiger partial charge in [0.2, 0.25) is 0 Å². The number of rotatable bonds is 7. The van der Waals surface area contributed by atoms with Crippen LogP contribution in [-0.4, -0.2) is 52.6 Å². The summed E-state index contributed by atoms with van der Waals surface area (Å²) >= 11 is 0. The Bertz CT molecular complexity index is 699. The number of amides is 1. The van der Waals surface area contributed by atoms with Crippen molar-refractivity contribution in [1.29, 1.82) is 0 Å². The third kappa shape index (κ3) is 4.42. The molecule has 1 amide bonds. The van der Waals surface area contributed by atoms with E-state index in [0.717, 1.165) is 0 Å². The van der Waals surface area contributed by atoms with Crippen molar-refractivity contribution < 1.29 is 24.2 Å². The molecule has 0 aliphatic carbocycles. The molecule has 0 spiro atoms. The number of carbonyl (C=O) groups is 2. The lowest BCUT2D eigenvalue weighted by Gasteiger charge is -2.21. The average Bonchev–Trinajstić information content (AvgIpc) is 2.60. The Morgan fingerprint density at radius 1 is 1.08 bits per heavy atom. The van der Waals surface area contributed by atoms with E-state index in [1.807, 2.05) is 0 Å². The molecule has 8 nitrogen and oxygen atoms in total. The maximum Gasteiger partial charge on any atom is 0.323 e. The Hall–Kier alpha value is -3.16. The van der Waals surface area contributed by atoms with E-state index in [1.165, 1.54) is 37.8 Å². The first-order chi connectivity index (χ1) is 11.5. The van der Waals surface area contributed by atoms with Crippen molar-refractivity contribution in [2.24, 2.45) is 0 Å². The number of nitrogens with zero attached hydrogens (tertiary/aromatic N) is 3. The van der Waals surface area contributed by atoms with Crippen molar-refractivity contribution in [2.75, 3.05) is 20.8 Å². The first-order valence-electron chi connectivity index (χ1n) is 7.01. The number of carbonyl (C=O) groups excluding carboxylic acids is 1. The number of benzene rings is 1. The summed E-state index contributed by atoms with van der Waals surface area (Å²) in [5.74, 6) is -0.486. The monoisotopic (exact) mass is 331 g/mol. The second-order valence-corrected chi connectivity index (χ2v) is 4.90. The third-order valence-electron chi connectivity index (χ3n) is 3.21. The summed E-state index contributed by atoms with van der Waals surface area (Å²) in [4.78, 5) is 32.4. The number of ether oxygens (including phenoxy) is 2. The number of aromatic nitrogens is 2. The minimum absolute atomic E-state index is 0.0770. The standard InChI is InChI=1S/C16H17N3O5/c1-23-13-3-11(4-14(5-13)24-2)8-19(9-15(20)21)16(22)12-6-17-10-18-7-12/h3-7,10H,8-9H2,1-2H3,(H,20,21). The van der Waals surface area contributed by atoms with Crippen LogP contribution in [0.25, 0.3) is 0 Å². The van der Waals surface area contributed by atoms with E-state index < -0.39 is 18.4 Å². The Labute approximate surface area is 138 Å². The molecular weight excluding hydrogens is 314 g/mol. The third-order valence-corrected chi connectivity index (χ3v) is 3.21. The van der Waals surface area contributed by atoms with Gasteiger partial charge in [0.15, 0.2) is 0 Å². The average molecular weight is 331 g/mol. The van der Waals surface area contributed by atoms with Crippen LogP contribution in [0, 0.1) is 0 Å². The molecule has 1 aromatic carbocycles. The lowest BCUT2D eigenvalue weighted by Crippen LogP contribution is -2.35. The summed E-state index contributed by atoms with van der Waals surface area (Å²) < 4.78 is 10.4. The molecule has 2 aromatic rings. The van der Waals surface area contributed by atoms with Crippen LogP contribution in [0.3, 0.4) is 0 Å². The van der Waals surface area contributed by atoms with E-state index in [-0.39, 0.29) is 12.1 Å². The van der Waals surface area contributed by atoms with Gasteiger partial charge in [-0.05, 0) is 17.7 Å². The minimum atomic E-state index is -1.12. The lowest BCUT2D eigenvalue weighted by atomic mass is 10.1. The summed E-state index contributed by atoms with van der Waals surface area (Å²) in [6, 6.07) is 5.12. The molecule has 1 heterocycles. The fraction of sp³-hybridized carbons (Fsp3) is 0.250. The van der Waals surface area contributed by atoms with Gasteiger partial charge in [0, 0.05) is 25.0 Å². The van der Waals surface area contributed by atoms with Crippen LogP contribution in [0.1, 0.15) is 15.9 Å². The zero-order valence-corrected chi connectivity index (χ0v) is 13.3. The van der Waals surface area contributed by atoms with E-state index in [0.29, 0.717) is 17.1 Å². The number of hydrogen-bond acceptors (Lipinski definition) is 6. The number of carboxylic acids is 1. The van der Waals surface area contributed by atoms with Crippen molar-refractivity contribution in [1.82, 2.24) is 14.9 Å². The molecule has 126 valence electrons. The number of hydrogen-bond donors (Lipinski definition) is 1. The molecule has 0 fully saturated rings. The predicted octanol–water partition coefficient (Wildman–Crippen LogP) is 1.22. The SMILES string of the molecule is COc1cc(CN(CC(=O)O)C(=O)c2cncnc2)cc(OC)c1. The first-order valence-corrected chi connectivity index (χ1v) is 7.01. The zero-order valence-electron chi connectivity index (χ0n) is 13.3. The normalized spacial score (nSPS) is 10.1. The molecule has 0 radical (unpaired) electrons. The molecule has 0 bridgehead atoms. The largest absolute Gasteiger partial charge is 0.497 e. The van der Waals surface area contributed by atoms with Crippen LogP contribution in [0.2, 0.25) is 0 Å². The van der Waals surface area contributed by atoms with Crippen molar-refractivity contribution in [3.8, 4) is 11.5 Å².